The van der Waals surface area contributed by atoms with E-state index in [4.69, 9.17) is 17.3 Å². The number of benzene rings is 2. The summed E-state index contributed by atoms with van der Waals surface area (Å²) >= 11 is 6.04. The molecule has 2 rings (SSSR count). The molecular formula is C14H16ClNO. The number of hydrogen-bond donors (Lipinski definition) is 1. The van der Waals surface area contributed by atoms with Gasteiger partial charge in [0.25, 0.3) is 0 Å². The van der Waals surface area contributed by atoms with Gasteiger partial charge in [-0.25, -0.2) is 0 Å². The van der Waals surface area contributed by atoms with Gasteiger partial charge in [0.2, 0.25) is 5.91 Å². The van der Waals surface area contributed by atoms with Gasteiger partial charge in [0, 0.05) is 16.0 Å². The molecule has 2 aromatic rings. The van der Waals surface area contributed by atoms with Crippen LogP contribution < -0.4 is 5.73 Å². The number of carbonyl (C=O) groups excluding carboxylic acids is 1. The summed E-state index contributed by atoms with van der Waals surface area (Å²) in [7, 11) is 0. The zero-order valence-corrected chi connectivity index (χ0v) is 11.0. The fourth-order valence-corrected chi connectivity index (χ4v) is 1.90. The first-order valence-corrected chi connectivity index (χ1v) is 5.96. The van der Waals surface area contributed by atoms with E-state index in [1.807, 2.05) is 45.0 Å². The number of halogens is 1. The molecule has 0 bridgehead atoms. The molecule has 0 aliphatic heterocycles. The van der Waals surface area contributed by atoms with Crippen LogP contribution in [0.15, 0.2) is 30.3 Å². The van der Waals surface area contributed by atoms with Gasteiger partial charge in [0.15, 0.2) is 0 Å². The zero-order valence-electron chi connectivity index (χ0n) is 10.3. The Hall–Kier alpha value is -1.54. The van der Waals surface area contributed by atoms with Crippen LogP contribution in [-0.2, 0) is 0 Å². The van der Waals surface area contributed by atoms with Gasteiger partial charge in [-0.15, -0.1) is 0 Å². The highest BCUT2D eigenvalue weighted by Crippen LogP contribution is 2.26. The predicted octanol–water partition coefficient (Wildman–Crippen LogP) is 3.93. The Morgan fingerprint density at radius 1 is 1.24 bits per heavy atom. The van der Waals surface area contributed by atoms with Gasteiger partial charge in [-0.1, -0.05) is 37.6 Å². The van der Waals surface area contributed by atoms with Crippen molar-refractivity contribution in [3.63, 3.8) is 0 Å². The minimum absolute atomic E-state index is 0.408. The molecule has 0 spiro atoms. The van der Waals surface area contributed by atoms with Crippen LogP contribution in [-0.4, -0.2) is 5.91 Å². The maximum absolute atomic E-state index is 11.1. The van der Waals surface area contributed by atoms with Gasteiger partial charge in [-0.2, -0.15) is 0 Å². The molecule has 0 unspecified atom stereocenters. The van der Waals surface area contributed by atoms with Gasteiger partial charge >= 0.3 is 0 Å². The minimum atomic E-state index is -0.408. The summed E-state index contributed by atoms with van der Waals surface area (Å²) in [6.07, 6.45) is 0. The van der Waals surface area contributed by atoms with E-state index in [1.165, 1.54) is 0 Å². The summed E-state index contributed by atoms with van der Waals surface area (Å²) < 4.78 is 0. The van der Waals surface area contributed by atoms with Crippen molar-refractivity contribution in [2.45, 2.75) is 20.8 Å². The van der Waals surface area contributed by atoms with Crippen LogP contribution in [0.25, 0.3) is 10.8 Å². The molecule has 17 heavy (non-hydrogen) atoms. The second-order valence-corrected chi connectivity index (χ2v) is 3.90. The Labute approximate surface area is 106 Å². The molecule has 0 aliphatic carbocycles. The minimum Gasteiger partial charge on any atom is -0.366 e. The quantitative estimate of drug-likeness (QED) is 0.818. The highest BCUT2D eigenvalue weighted by atomic mass is 35.5. The topological polar surface area (TPSA) is 43.1 Å². The monoisotopic (exact) mass is 249 g/mol. The van der Waals surface area contributed by atoms with Gasteiger partial charge in [-0.3, -0.25) is 4.79 Å². The van der Waals surface area contributed by atoms with E-state index >= 15 is 0 Å². The van der Waals surface area contributed by atoms with Crippen LogP contribution in [0.1, 0.15) is 29.8 Å². The van der Waals surface area contributed by atoms with Crippen molar-refractivity contribution in [1.82, 2.24) is 0 Å². The third-order valence-corrected chi connectivity index (χ3v) is 2.77. The zero-order chi connectivity index (χ0) is 13.0. The number of fused-ring (bicyclic) bond motifs is 1. The van der Waals surface area contributed by atoms with Crippen LogP contribution in [0.2, 0.25) is 5.02 Å². The lowest BCUT2D eigenvalue weighted by molar-refractivity contribution is 0.1000. The number of nitrogens with two attached hydrogens (primary N) is 1. The number of carbonyl (C=O) groups is 1. The first kappa shape index (κ1) is 13.5. The lowest BCUT2D eigenvalue weighted by Gasteiger charge is -2.06. The molecule has 0 saturated heterocycles. The van der Waals surface area contributed by atoms with Gasteiger partial charge in [-0.05, 0) is 36.1 Å². The molecule has 0 heterocycles. The molecule has 0 aliphatic rings. The van der Waals surface area contributed by atoms with Crippen LogP contribution in [0.4, 0.5) is 0 Å². The number of primary amides is 1. The first-order valence-electron chi connectivity index (χ1n) is 5.58. The molecule has 0 radical (unpaired) electrons. The maximum Gasteiger partial charge on any atom is 0.248 e. The molecule has 1 amide bonds. The van der Waals surface area contributed by atoms with Crippen molar-refractivity contribution in [3.05, 3.63) is 46.5 Å². The van der Waals surface area contributed by atoms with E-state index in [9.17, 15) is 4.79 Å². The summed E-state index contributed by atoms with van der Waals surface area (Å²) in [6, 6.07) is 9.25. The third kappa shape index (κ3) is 2.77. The predicted molar refractivity (Wildman–Crippen MR) is 73.6 cm³/mol. The van der Waals surface area contributed by atoms with Gasteiger partial charge in [0.05, 0.1) is 0 Å². The summed E-state index contributed by atoms with van der Waals surface area (Å²) in [5.74, 6) is -0.408. The molecule has 2 N–H and O–H groups in total. The van der Waals surface area contributed by atoms with E-state index in [0.29, 0.717) is 10.6 Å². The third-order valence-electron chi connectivity index (χ3n) is 2.44. The van der Waals surface area contributed by atoms with Crippen molar-refractivity contribution in [3.8, 4) is 0 Å². The molecule has 2 aromatic carbocycles. The second-order valence-electron chi connectivity index (χ2n) is 3.49. The second kappa shape index (κ2) is 5.69. The molecule has 0 fully saturated rings. The number of rotatable bonds is 1. The molecule has 3 heteroatoms. The standard InChI is InChI=1S/C12H10ClNO.C2H6/c1-7-5-10-8(3-2-4-11(10)13)6-9(7)12(14)15;1-2/h2-6H,1H3,(H2,14,15);1-2H3. The number of aryl methyl sites for hydroxylation is 1. The van der Waals surface area contributed by atoms with E-state index in [2.05, 4.69) is 0 Å². The summed E-state index contributed by atoms with van der Waals surface area (Å²) in [4.78, 5) is 11.1. The first-order chi connectivity index (χ1) is 8.09. The SMILES string of the molecule is CC.Cc1cc2c(Cl)cccc2cc1C(N)=O. The van der Waals surface area contributed by atoms with Crippen molar-refractivity contribution in [2.75, 3.05) is 0 Å². The fourth-order valence-electron chi connectivity index (χ4n) is 1.66. The number of amides is 1. The van der Waals surface area contributed by atoms with Gasteiger partial charge in [0.1, 0.15) is 0 Å². The Morgan fingerprint density at radius 2 is 1.88 bits per heavy atom. The highest BCUT2D eigenvalue weighted by Gasteiger charge is 2.07. The Morgan fingerprint density at radius 3 is 2.47 bits per heavy atom. The van der Waals surface area contributed by atoms with Crippen molar-refractivity contribution in [2.24, 2.45) is 5.73 Å². The smallest absolute Gasteiger partial charge is 0.248 e. The van der Waals surface area contributed by atoms with Crippen molar-refractivity contribution in [1.29, 1.82) is 0 Å². The van der Waals surface area contributed by atoms with Gasteiger partial charge < -0.3 is 5.73 Å². The fraction of sp³-hybridized carbons (Fsp3) is 0.214. The van der Waals surface area contributed by atoms with E-state index in [1.54, 1.807) is 6.07 Å². The summed E-state index contributed by atoms with van der Waals surface area (Å²) in [5.41, 5.74) is 6.67. The Balaban J connectivity index is 0.000000686. The molecule has 0 saturated carbocycles. The Bertz CT molecular complexity index is 549. The van der Waals surface area contributed by atoms with Crippen LogP contribution in [0.3, 0.4) is 0 Å². The Kier molecular flexibility index (Phi) is 4.53. The van der Waals surface area contributed by atoms with E-state index in [0.717, 1.165) is 16.3 Å². The van der Waals surface area contributed by atoms with Crippen LogP contribution >= 0.6 is 11.6 Å². The maximum atomic E-state index is 11.1. The van der Waals surface area contributed by atoms with E-state index in [-0.39, 0.29) is 0 Å². The lowest BCUT2D eigenvalue weighted by atomic mass is 10.0. The lowest BCUT2D eigenvalue weighted by Crippen LogP contribution is -2.12. The average Bonchev–Trinajstić information content (AvgIpc) is 2.32. The molecule has 0 atom stereocenters. The normalized spacial score (nSPS) is 9.65. The highest BCUT2D eigenvalue weighted by molar-refractivity contribution is 6.35. The average molecular weight is 250 g/mol. The summed E-state index contributed by atoms with van der Waals surface area (Å²) in [5, 5.41) is 2.56. The molecule has 2 nitrogen and oxygen atoms in total. The van der Waals surface area contributed by atoms with E-state index < -0.39 is 5.91 Å². The van der Waals surface area contributed by atoms with Crippen molar-refractivity contribution >= 4 is 28.3 Å². The summed E-state index contributed by atoms with van der Waals surface area (Å²) in [6.45, 7) is 5.85. The van der Waals surface area contributed by atoms with Crippen molar-refractivity contribution < 1.29 is 4.79 Å². The molecule has 0 aromatic heterocycles. The largest absolute Gasteiger partial charge is 0.366 e. The molecule has 90 valence electrons. The van der Waals surface area contributed by atoms with Crippen LogP contribution in [0, 0.1) is 6.92 Å². The van der Waals surface area contributed by atoms with Crippen LogP contribution in [0.5, 0.6) is 0 Å². The number of hydrogen-bond acceptors (Lipinski definition) is 1. The molecular weight excluding hydrogens is 234 g/mol.